The van der Waals surface area contributed by atoms with Crippen LogP contribution in [0.4, 0.5) is 22.1 Å². The Morgan fingerprint density at radius 1 is 1.00 bits per heavy atom. The molecule has 0 aliphatic carbocycles. The molecule has 1 saturated heterocycles. The molecular formula is C21H30N6O. The molecule has 7 heteroatoms. The molecule has 1 fully saturated rings. The molecule has 28 heavy (non-hydrogen) atoms. The first-order chi connectivity index (χ1) is 13.7. The van der Waals surface area contributed by atoms with Crippen LogP contribution < -0.4 is 15.1 Å². The Kier molecular flexibility index (Phi) is 6.68. The van der Waals surface area contributed by atoms with Gasteiger partial charge < -0.3 is 20.0 Å². The van der Waals surface area contributed by atoms with Crippen molar-refractivity contribution in [2.45, 2.75) is 27.2 Å². The predicted molar refractivity (Wildman–Crippen MR) is 114 cm³/mol. The number of benzene rings is 1. The van der Waals surface area contributed by atoms with E-state index >= 15 is 0 Å². The number of anilines is 3. The van der Waals surface area contributed by atoms with Crippen molar-refractivity contribution in [1.29, 1.82) is 0 Å². The number of amides is 2. The maximum atomic E-state index is 12.6. The van der Waals surface area contributed by atoms with E-state index in [0.29, 0.717) is 13.1 Å². The minimum absolute atomic E-state index is 0.0384. The highest BCUT2D eigenvalue weighted by molar-refractivity contribution is 5.90. The third kappa shape index (κ3) is 4.52. The largest absolute Gasteiger partial charge is 0.356 e. The third-order valence-electron chi connectivity index (χ3n) is 5.25. The topological polar surface area (TPSA) is 64.6 Å². The molecule has 3 rings (SSSR count). The zero-order valence-corrected chi connectivity index (χ0v) is 17.1. The molecule has 1 aromatic heterocycles. The second-order valence-electron chi connectivity index (χ2n) is 6.84. The van der Waals surface area contributed by atoms with E-state index < -0.39 is 0 Å². The van der Waals surface area contributed by atoms with Gasteiger partial charge in [-0.3, -0.25) is 0 Å². The van der Waals surface area contributed by atoms with Crippen molar-refractivity contribution in [2.75, 3.05) is 54.4 Å². The number of rotatable bonds is 6. The molecule has 1 aliphatic heterocycles. The standard InChI is InChI=1S/C21H30N6O/c1-4-17-9-7-8-10-18(17)22-21(28)27-15-13-26(14-16-27)20-12-11-19(23-24-20)25(5-2)6-3/h7-12H,4-6,13-16H2,1-3H3,(H,22,28). The quantitative estimate of drug-likeness (QED) is 0.831. The van der Waals surface area contributed by atoms with Gasteiger partial charge >= 0.3 is 6.03 Å². The van der Waals surface area contributed by atoms with Crippen LogP contribution in [0.3, 0.4) is 0 Å². The lowest BCUT2D eigenvalue weighted by molar-refractivity contribution is 0.208. The molecule has 1 N–H and O–H groups in total. The summed E-state index contributed by atoms with van der Waals surface area (Å²) in [5.41, 5.74) is 2.05. The van der Waals surface area contributed by atoms with Crippen LogP contribution in [0.1, 0.15) is 26.3 Å². The number of para-hydroxylation sites is 1. The number of hydrogen-bond acceptors (Lipinski definition) is 5. The van der Waals surface area contributed by atoms with Crippen molar-refractivity contribution < 1.29 is 4.79 Å². The molecule has 150 valence electrons. The Balaban J connectivity index is 1.56. The average molecular weight is 383 g/mol. The van der Waals surface area contributed by atoms with Crippen molar-refractivity contribution >= 4 is 23.4 Å². The normalized spacial score (nSPS) is 14.1. The molecule has 1 aromatic carbocycles. The van der Waals surface area contributed by atoms with E-state index in [4.69, 9.17) is 0 Å². The summed E-state index contributed by atoms with van der Waals surface area (Å²) in [7, 11) is 0. The van der Waals surface area contributed by atoms with Crippen LogP contribution in [0.15, 0.2) is 36.4 Å². The molecular weight excluding hydrogens is 352 g/mol. The minimum Gasteiger partial charge on any atom is -0.356 e. The highest BCUT2D eigenvalue weighted by atomic mass is 16.2. The lowest BCUT2D eigenvalue weighted by atomic mass is 10.1. The number of piperazine rings is 1. The fourth-order valence-corrected chi connectivity index (χ4v) is 3.49. The minimum atomic E-state index is -0.0384. The van der Waals surface area contributed by atoms with Gasteiger partial charge in [0.05, 0.1) is 0 Å². The molecule has 0 radical (unpaired) electrons. The summed E-state index contributed by atoms with van der Waals surface area (Å²) in [6.45, 7) is 11.0. The van der Waals surface area contributed by atoms with Crippen LogP contribution in [-0.4, -0.2) is 60.4 Å². The second kappa shape index (κ2) is 9.39. The maximum absolute atomic E-state index is 12.6. The van der Waals surface area contributed by atoms with Crippen LogP contribution in [0.2, 0.25) is 0 Å². The molecule has 7 nitrogen and oxygen atoms in total. The highest BCUT2D eigenvalue weighted by Gasteiger charge is 2.22. The molecule has 2 amide bonds. The van der Waals surface area contributed by atoms with Crippen molar-refractivity contribution in [3.05, 3.63) is 42.0 Å². The van der Waals surface area contributed by atoms with Gasteiger partial charge in [0, 0.05) is 45.0 Å². The van der Waals surface area contributed by atoms with Crippen molar-refractivity contribution in [2.24, 2.45) is 0 Å². The number of nitrogens with one attached hydrogen (secondary N) is 1. The van der Waals surface area contributed by atoms with Gasteiger partial charge in [0.25, 0.3) is 0 Å². The number of hydrogen-bond donors (Lipinski definition) is 1. The number of aromatic nitrogens is 2. The Hall–Kier alpha value is -2.83. The van der Waals surface area contributed by atoms with Crippen molar-refractivity contribution in [1.82, 2.24) is 15.1 Å². The van der Waals surface area contributed by atoms with E-state index in [-0.39, 0.29) is 6.03 Å². The first kappa shape index (κ1) is 19.9. The molecule has 1 aliphatic rings. The van der Waals surface area contributed by atoms with E-state index in [1.165, 1.54) is 0 Å². The number of carbonyl (C=O) groups is 1. The van der Waals surface area contributed by atoms with Gasteiger partial charge in [-0.15, -0.1) is 10.2 Å². The van der Waals surface area contributed by atoms with Gasteiger partial charge in [-0.25, -0.2) is 4.79 Å². The lowest BCUT2D eigenvalue weighted by Crippen LogP contribution is -2.50. The summed E-state index contributed by atoms with van der Waals surface area (Å²) in [4.78, 5) is 18.8. The van der Waals surface area contributed by atoms with E-state index in [1.807, 2.05) is 41.3 Å². The first-order valence-corrected chi connectivity index (χ1v) is 10.1. The van der Waals surface area contributed by atoms with E-state index in [2.05, 4.69) is 46.1 Å². The van der Waals surface area contributed by atoms with E-state index in [9.17, 15) is 4.79 Å². The Morgan fingerprint density at radius 3 is 2.32 bits per heavy atom. The van der Waals surface area contributed by atoms with Gasteiger partial charge in [0.1, 0.15) is 0 Å². The summed E-state index contributed by atoms with van der Waals surface area (Å²) in [5, 5.41) is 11.8. The van der Waals surface area contributed by atoms with Crippen molar-refractivity contribution in [3.63, 3.8) is 0 Å². The predicted octanol–water partition coefficient (Wildman–Crippen LogP) is 3.24. The zero-order valence-electron chi connectivity index (χ0n) is 17.1. The molecule has 2 aromatic rings. The molecule has 0 bridgehead atoms. The van der Waals surface area contributed by atoms with Crippen LogP contribution in [0.5, 0.6) is 0 Å². The van der Waals surface area contributed by atoms with Crippen LogP contribution in [-0.2, 0) is 6.42 Å². The van der Waals surface area contributed by atoms with E-state index in [0.717, 1.165) is 55.5 Å². The second-order valence-corrected chi connectivity index (χ2v) is 6.84. The summed E-state index contributed by atoms with van der Waals surface area (Å²) in [6.07, 6.45) is 0.895. The summed E-state index contributed by atoms with van der Waals surface area (Å²) < 4.78 is 0. The van der Waals surface area contributed by atoms with Gasteiger partial charge in [0.15, 0.2) is 11.6 Å². The summed E-state index contributed by atoms with van der Waals surface area (Å²) in [6, 6.07) is 12.0. The molecule has 0 saturated carbocycles. The Bertz CT molecular complexity index is 767. The first-order valence-electron chi connectivity index (χ1n) is 10.1. The monoisotopic (exact) mass is 382 g/mol. The van der Waals surface area contributed by atoms with Gasteiger partial charge in [-0.05, 0) is 44.0 Å². The summed E-state index contributed by atoms with van der Waals surface area (Å²) >= 11 is 0. The van der Waals surface area contributed by atoms with Crippen molar-refractivity contribution in [3.8, 4) is 0 Å². The van der Waals surface area contributed by atoms with Crippen LogP contribution >= 0.6 is 0 Å². The highest BCUT2D eigenvalue weighted by Crippen LogP contribution is 2.19. The number of aryl methyl sites for hydroxylation is 1. The summed E-state index contributed by atoms with van der Waals surface area (Å²) in [5.74, 6) is 1.77. The van der Waals surface area contributed by atoms with Gasteiger partial charge in [0.2, 0.25) is 0 Å². The molecule has 0 atom stereocenters. The average Bonchev–Trinajstić information content (AvgIpc) is 2.75. The SMILES string of the molecule is CCc1ccccc1NC(=O)N1CCN(c2ccc(N(CC)CC)nn2)CC1. The number of carbonyl (C=O) groups excluding carboxylic acids is 1. The Labute approximate surface area is 167 Å². The van der Waals surface area contributed by atoms with E-state index in [1.54, 1.807) is 0 Å². The fourth-order valence-electron chi connectivity index (χ4n) is 3.49. The van der Waals surface area contributed by atoms with Gasteiger partial charge in [-0.2, -0.15) is 0 Å². The van der Waals surface area contributed by atoms with Crippen LogP contribution in [0.25, 0.3) is 0 Å². The fraction of sp³-hybridized carbons (Fsp3) is 0.476. The zero-order chi connectivity index (χ0) is 19.9. The smallest absolute Gasteiger partial charge is 0.321 e. The lowest BCUT2D eigenvalue weighted by Gasteiger charge is -2.35. The molecule has 0 spiro atoms. The maximum Gasteiger partial charge on any atom is 0.321 e. The van der Waals surface area contributed by atoms with Gasteiger partial charge in [-0.1, -0.05) is 25.1 Å². The third-order valence-corrected chi connectivity index (χ3v) is 5.25. The number of nitrogens with zero attached hydrogens (tertiary/aromatic N) is 5. The van der Waals surface area contributed by atoms with Crippen LogP contribution in [0, 0.1) is 0 Å². The molecule has 0 unspecified atom stereocenters. The number of urea groups is 1. The Morgan fingerprint density at radius 2 is 1.71 bits per heavy atom. The molecule has 2 heterocycles.